The Kier molecular flexibility index (Phi) is 8.36. The number of hydrogen-bond acceptors (Lipinski definition) is 6. The number of piperidine rings is 1. The van der Waals surface area contributed by atoms with Gasteiger partial charge in [-0.05, 0) is 53.6 Å². The van der Waals surface area contributed by atoms with Gasteiger partial charge in [0.15, 0.2) is 0 Å². The molecule has 0 aliphatic carbocycles. The van der Waals surface area contributed by atoms with E-state index in [1.54, 1.807) is 22.2 Å². The van der Waals surface area contributed by atoms with Gasteiger partial charge in [0.25, 0.3) is 0 Å². The molecule has 2 aromatic heterocycles. The molecule has 0 amide bonds. The number of hydrogen-bond donors (Lipinski definition) is 1. The van der Waals surface area contributed by atoms with Gasteiger partial charge in [0.1, 0.15) is 18.9 Å². The van der Waals surface area contributed by atoms with E-state index in [2.05, 4.69) is 11.8 Å². The molecule has 44 heavy (non-hydrogen) atoms. The molecule has 1 saturated heterocycles. The number of carbonyl (C=O) groups is 1. The van der Waals surface area contributed by atoms with Gasteiger partial charge in [0.2, 0.25) is 11.8 Å². The van der Waals surface area contributed by atoms with Gasteiger partial charge < -0.3 is 19.5 Å². The van der Waals surface area contributed by atoms with E-state index in [1.807, 2.05) is 84.9 Å². The van der Waals surface area contributed by atoms with Crippen molar-refractivity contribution in [1.29, 1.82) is 0 Å². The van der Waals surface area contributed by atoms with E-state index in [1.165, 1.54) is 0 Å². The first-order valence-corrected chi connectivity index (χ1v) is 14.9. The normalized spacial score (nSPS) is 16.6. The Labute approximate surface area is 255 Å². The first kappa shape index (κ1) is 29.0. The zero-order chi connectivity index (χ0) is 30.6. The molecule has 3 heterocycles. The fraction of sp³-hybridized carbons (Fsp3) is 0.286. The largest absolute Gasteiger partial charge is 0.481 e. The zero-order valence-corrected chi connectivity index (χ0v) is 24.9. The number of nitrogens with zero attached hydrogens (tertiary/aromatic N) is 4. The fourth-order valence-electron chi connectivity index (χ4n) is 5.94. The Bertz CT molecular complexity index is 1820. The zero-order valence-electron chi connectivity index (χ0n) is 24.9. The number of aliphatic carboxylic acids is 1. The third-order valence-electron chi connectivity index (χ3n) is 8.43. The number of aryl methyl sites for hydroxylation is 1. The summed E-state index contributed by atoms with van der Waals surface area (Å²) in [5.41, 5.74) is 4.84. The molecular weight excluding hydrogens is 556 g/mol. The average Bonchev–Trinajstić information content (AvgIpc) is 3.29. The number of carboxylic acid groups (broad SMARTS) is 1. The van der Waals surface area contributed by atoms with Crippen LogP contribution in [0.5, 0.6) is 11.8 Å². The van der Waals surface area contributed by atoms with Crippen LogP contribution in [0.4, 0.5) is 5.69 Å². The number of carboxylic acids is 1. The molecule has 0 bridgehead atoms. The number of rotatable bonds is 10. The summed E-state index contributed by atoms with van der Waals surface area (Å²) in [7, 11) is 1.77. The highest BCUT2D eigenvalue weighted by Crippen LogP contribution is 2.33. The molecule has 1 aliphatic heterocycles. The van der Waals surface area contributed by atoms with E-state index < -0.39 is 5.97 Å². The summed E-state index contributed by atoms with van der Waals surface area (Å²) in [4.78, 5) is 32.0. The maximum atomic E-state index is 13.7. The first-order valence-electron chi connectivity index (χ1n) is 14.9. The van der Waals surface area contributed by atoms with Crippen LogP contribution in [0.25, 0.3) is 16.7 Å². The van der Waals surface area contributed by atoms with Crippen molar-refractivity contribution in [2.75, 3.05) is 18.0 Å². The molecule has 1 N–H and O–H groups in total. The lowest BCUT2D eigenvalue weighted by Crippen LogP contribution is -2.40. The minimum Gasteiger partial charge on any atom is -0.481 e. The van der Waals surface area contributed by atoms with Crippen LogP contribution in [-0.2, 0) is 25.1 Å². The summed E-state index contributed by atoms with van der Waals surface area (Å²) >= 11 is 0. The summed E-state index contributed by atoms with van der Waals surface area (Å²) in [6.07, 6.45) is 1.02. The molecule has 1 fully saturated rings. The third-order valence-corrected chi connectivity index (χ3v) is 8.43. The second kappa shape index (κ2) is 12.7. The van der Waals surface area contributed by atoms with Gasteiger partial charge in [-0.1, -0.05) is 67.6 Å². The van der Waals surface area contributed by atoms with Crippen LogP contribution >= 0.6 is 0 Å². The van der Waals surface area contributed by atoms with E-state index in [0.717, 1.165) is 47.4 Å². The molecular formula is C35H36N4O5. The van der Waals surface area contributed by atoms with Gasteiger partial charge in [-0.15, -0.1) is 0 Å². The molecule has 9 nitrogen and oxygen atoms in total. The molecule has 1 aliphatic rings. The van der Waals surface area contributed by atoms with Crippen molar-refractivity contribution in [2.45, 2.75) is 33.0 Å². The number of fused-ring (bicyclic) bond motifs is 1. The number of imidazole rings is 1. The Hall–Kier alpha value is -5.05. The monoisotopic (exact) mass is 592 g/mol. The smallest absolute Gasteiger partial charge is 0.333 e. The fourth-order valence-corrected chi connectivity index (χ4v) is 5.94. The minimum absolute atomic E-state index is 0.166. The summed E-state index contributed by atoms with van der Waals surface area (Å²) in [5, 5.41) is 9.27. The lowest BCUT2D eigenvalue weighted by Gasteiger charge is -2.37. The molecule has 9 heteroatoms. The highest BCUT2D eigenvalue weighted by molar-refractivity contribution is 5.82. The van der Waals surface area contributed by atoms with E-state index in [9.17, 15) is 14.7 Å². The summed E-state index contributed by atoms with van der Waals surface area (Å²) < 4.78 is 15.5. The van der Waals surface area contributed by atoms with Gasteiger partial charge in [-0.25, -0.2) is 4.79 Å². The van der Waals surface area contributed by atoms with Crippen molar-refractivity contribution in [3.8, 4) is 17.4 Å². The van der Waals surface area contributed by atoms with Gasteiger partial charge in [-0.3, -0.25) is 13.9 Å². The quantitative estimate of drug-likeness (QED) is 0.218. The maximum Gasteiger partial charge on any atom is 0.333 e. The molecule has 6 rings (SSSR count). The molecule has 0 unspecified atom stereocenters. The minimum atomic E-state index is -0.745. The van der Waals surface area contributed by atoms with Crippen LogP contribution in [0.2, 0.25) is 0 Å². The average molecular weight is 593 g/mol. The molecule has 0 saturated carbocycles. The number of aromatic nitrogens is 3. The first-order chi connectivity index (χ1) is 21.4. The Balaban J connectivity index is 1.33. The molecule has 5 aromatic rings. The van der Waals surface area contributed by atoms with E-state index in [-0.39, 0.29) is 30.6 Å². The second-order valence-electron chi connectivity index (χ2n) is 11.4. The van der Waals surface area contributed by atoms with Crippen molar-refractivity contribution in [3.63, 3.8) is 0 Å². The van der Waals surface area contributed by atoms with Gasteiger partial charge in [-0.2, -0.15) is 4.98 Å². The highest BCUT2D eigenvalue weighted by atomic mass is 16.5. The lowest BCUT2D eigenvalue weighted by molar-refractivity contribution is -0.138. The van der Waals surface area contributed by atoms with E-state index >= 15 is 0 Å². The van der Waals surface area contributed by atoms with Crippen molar-refractivity contribution in [1.82, 2.24) is 14.1 Å². The molecule has 226 valence electrons. The van der Waals surface area contributed by atoms with Gasteiger partial charge >= 0.3 is 11.7 Å². The van der Waals surface area contributed by atoms with Crippen molar-refractivity contribution < 1.29 is 19.4 Å². The Morgan fingerprint density at radius 3 is 2.25 bits per heavy atom. The lowest BCUT2D eigenvalue weighted by atomic mass is 9.84. The highest BCUT2D eigenvalue weighted by Gasteiger charge is 2.28. The summed E-state index contributed by atoms with van der Waals surface area (Å²) in [6, 6.07) is 29.3. The number of anilines is 1. The van der Waals surface area contributed by atoms with Gasteiger partial charge in [0, 0.05) is 38.3 Å². The van der Waals surface area contributed by atoms with Crippen LogP contribution in [-0.4, -0.2) is 38.3 Å². The van der Waals surface area contributed by atoms with Crippen molar-refractivity contribution >= 4 is 22.7 Å². The molecule has 0 spiro atoms. The summed E-state index contributed by atoms with van der Waals surface area (Å²) in [6.45, 7) is 4.29. The van der Waals surface area contributed by atoms with Crippen LogP contribution in [0.15, 0.2) is 95.8 Å². The number of pyridine rings is 1. The molecule has 0 radical (unpaired) electrons. The van der Waals surface area contributed by atoms with Crippen LogP contribution in [0.3, 0.4) is 0 Å². The van der Waals surface area contributed by atoms with E-state index in [0.29, 0.717) is 24.1 Å². The van der Waals surface area contributed by atoms with Crippen LogP contribution in [0, 0.1) is 11.8 Å². The topological polar surface area (TPSA) is 98.8 Å². The van der Waals surface area contributed by atoms with Crippen LogP contribution in [0.1, 0.15) is 30.9 Å². The van der Waals surface area contributed by atoms with Crippen LogP contribution < -0.4 is 20.1 Å². The van der Waals surface area contributed by atoms with Crippen molar-refractivity contribution in [3.05, 3.63) is 113 Å². The predicted octanol–water partition coefficient (Wildman–Crippen LogP) is 5.82. The van der Waals surface area contributed by atoms with E-state index in [4.69, 9.17) is 14.5 Å². The third kappa shape index (κ3) is 6.17. The summed E-state index contributed by atoms with van der Waals surface area (Å²) in [5.74, 6) is 0.371. The SMILES string of the molecule is C[C@H]1CN(c2ccc3c(c2)n(C)c(=O)n3-c2ccc(OCc3ccccc3)nc2OCc2ccccc2)CC[C@@H]1CC(=O)O. The number of ether oxygens (including phenoxy) is 2. The standard InChI is InChI=1S/C35H36N4O5/c1-24-21-38(18-17-27(24)19-33(40)41)28-13-14-29-31(20-28)37(2)35(42)39(29)30-15-16-32(43-22-25-9-5-3-6-10-25)36-34(30)44-23-26-11-7-4-8-12-26/h3-16,20,24,27H,17-19,21-23H2,1-2H3,(H,40,41)/t24-,27+/m0/s1. The second-order valence-corrected chi connectivity index (χ2v) is 11.4. The molecule has 3 aromatic carbocycles. The van der Waals surface area contributed by atoms with Crippen molar-refractivity contribution in [2.24, 2.45) is 18.9 Å². The molecule has 2 atom stereocenters. The predicted molar refractivity (Wildman–Crippen MR) is 170 cm³/mol. The Morgan fingerprint density at radius 2 is 1.59 bits per heavy atom. The Morgan fingerprint density at radius 1 is 0.909 bits per heavy atom. The maximum absolute atomic E-state index is 13.7. The number of benzene rings is 3. The van der Waals surface area contributed by atoms with Gasteiger partial charge in [0.05, 0.1) is 11.0 Å².